The molecule has 0 aromatic heterocycles. The van der Waals surface area contributed by atoms with Gasteiger partial charge in [-0.25, -0.2) is 13.2 Å². The normalized spacial score (nSPS) is 10.9. The van der Waals surface area contributed by atoms with Crippen molar-refractivity contribution in [2.24, 2.45) is 4.52 Å². The minimum absolute atomic E-state index is 0.127. The van der Waals surface area contributed by atoms with E-state index >= 15 is 0 Å². The largest absolute Gasteiger partial charge is 0.461 e. The monoisotopic (exact) mass is 298 g/mol. The number of carbonyl (C=O) groups excluding carboxylic acids is 1. The second kappa shape index (κ2) is 6.90. The number of esters is 1. The van der Waals surface area contributed by atoms with Gasteiger partial charge >= 0.3 is 5.97 Å². The summed E-state index contributed by atoms with van der Waals surface area (Å²) in [6, 6.07) is 5.42. The summed E-state index contributed by atoms with van der Waals surface area (Å²) >= 11 is 0. The SMILES string of the molecule is CN(C)CCOC(=O)c1ccccc1S(=O)(=O)N=[N+]=[N-]. The zero-order chi connectivity index (χ0) is 15.2. The van der Waals surface area contributed by atoms with Crippen molar-refractivity contribution in [3.63, 3.8) is 0 Å². The van der Waals surface area contributed by atoms with E-state index in [-0.39, 0.29) is 17.1 Å². The lowest BCUT2D eigenvalue weighted by molar-refractivity contribution is 0.0477. The van der Waals surface area contributed by atoms with Crippen LogP contribution in [0.5, 0.6) is 0 Å². The van der Waals surface area contributed by atoms with E-state index < -0.39 is 16.0 Å². The summed E-state index contributed by atoms with van der Waals surface area (Å²) in [5.74, 6) is -0.779. The van der Waals surface area contributed by atoms with Crippen LogP contribution in [0.2, 0.25) is 0 Å². The number of hydrogen-bond donors (Lipinski definition) is 0. The molecule has 1 aromatic carbocycles. The summed E-state index contributed by atoms with van der Waals surface area (Å²) in [6.45, 7) is 0.638. The molecular weight excluding hydrogens is 284 g/mol. The Kier molecular flexibility index (Phi) is 5.51. The van der Waals surface area contributed by atoms with Crippen LogP contribution in [0.3, 0.4) is 0 Å². The first-order valence-corrected chi connectivity index (χ1v) is 7.05. The second-order valence-corrected chi connectivity index (χ2v) is 5.63. The maximum absolute atomic E-state index is 11.9. The number of hydrogen-bond acceptors (Lipinski definition) is 5. The van der Waals surface area contributed by atoms with E-state index in [1.54, 1.807) is 0 Å². The predicted molar refractivity (Wildman–Crippen MR) is 71.6 cm³/mol. The first kappa shape index (κ1) is 16.0. The van der Waals surface area contributed by atoms with Gasteiger partial charge in [-0.05, 0) is 31.8 Å². The van der Waals surface area contributed by atoms with Crippen molar-refractivity contribution in [2.45, 2.75) is 4.90 Å². The molecule has 0 heterocycles. The van der Waals surface area contributed by atoms with Gasteiger partial charge in [-0.2, -0.15) is 0 Å². The highest BCUT2D eigenvalue weighted by atomic mass is 32.2. The molecule has 1 rings (SSSR count). The van der Waals surface area contributed by atoms with Crippen molar-refractivity contribution in [1.82, 2.24) is 4.90 Å². The minimum atomic E-state index is -4.23. The average Bonchev–Trinajstić information content (AvgIpc) is 2.38. The molecule has 0 saturated heterocycles. The molecular formula is C11H14N4O4S. The van der Waals surface area contributed by atoms with Crippen LogP contribution in [-0.2, 0) is 14.8 Å². The first-order valence-electron chi connectivity index (χ1n) is 5.60. The number of carbonyl (C=O) groups is 1. The Balaban J connectivity index is 3.02. The van der Waals surface area contributed by atoms with Crippen molar-refractivity contribution in [3.05, 3.63) is 40.3 Å². The molecule has 8 nitrogen and oxygen atoms in total. The summed E-state index contributed by atoms with van der Waals surface area (Å²) in [5, 5.41) is 0. The van der Waals surface area contributed by atoms with Gasteiger partial charge < -0.3 is 9.64 Å². The maximum atomic E-state index is 11.9. The quantitative estimate of drug-likeness (QED) is 0.341. The fourth-order valence-electron chi connectivity index (χ4n) is 1.35. The Morgan fingerprint density at radius 3 is 2.65 bits per heavy atom. The Morgan fingerprint density at radius 1 is 1.40 bits per heavy atom. The molecule has 0 aliphatic rings. The van der Waals surface area contributed by atoms with Crippen LogP contribution in [0.4, 0.5) is 0 Å². The minimum Gasteiger partial charge on any atom is -0.461 e. The van der Waals surface area contributed by atoms with E-state index in [0.29, 0.717) is 6.54 Å². The summed E-state index contributed by atoms with van der Waals surface area (Å²) in [7, 11) is -0.604. The predicted octanol–water partition coefficient (Wildman–Crippen LogP) is 1.40. The second-order valence-electron chi connectivity index (χ2n) is 4.08. The summed E-state index contributed by atoms with van der Waals surface area (Å²) in [4.78, 5) is 15.6. The molecule has 1 aromatic rings. The molecule has 0 N–H and O–H groups in total. The fourth-order valence-corrected chi connectivity index (χ4v) is 2.21. The van der Waals surface area contributed by atoms with E-state index in [0.717, 1.165) is 0 Å². The Morgan fingerprint density at radius 2 is 2.05 bits per heavy atom. The molecule has 0 radical (unpaired) electrons. The first-order chi connectivity index (χ1) is 9.38. The highest BCUT2D eigenvalue weighted by Crippen LogP contribution is 2.19. The van der Waals surface area contributed by atoms with Crippen LogP contribution in [0.25, 0.3) is 10.4 Å². The van der Waals surface area contributed by atoms with Crippen molar-refractivity contribution in [1.29, 1.82) is 0 Å². The summed E-state index contributed by atoms with van der Waals surface area (Å²) < 4.78 is 31.1. The van der Waals surface area contributed by atoms with E-state index in [4.69, 9.17) is 10.3 Å². The van der Waals surface area contributed by atoms with E-state index in [2.05, 4.69) is 9.43 Å². The van der Waals surface area contributed by atoms with E-state index in [9.17, 15) is 13.2 Å². The van der Waals surface area contributed by atoms with Crippen LogP contribution in [0.1, 0.15) is 10.4 Å². The molecule has 0 atom stereocenters. The third-order valence-corrected chi connectivity index (χ3v) is 3.50. The lowest BCUT2D eigenvalue weighted by Crippen LogP contribution is -2.20. The Labute approximate surface area is 116 Å². The van der Waals surface area contributed by atoms with E-state index in [1.807, 2.05) is 19.0 Å². The van der Waals surface area contributed by atoms with Gasteiger partial charge in [-0.3, -0.25) is 0 Å². The standard InChI is InChI=1S/C11H14N4O4S/c1-15(2)7-8-19-11(16)9-5-3-4-6-10(9)20(17,18)14-13-12/h3-6H,7-8H2,1-2H3. The molecule has 0 aliphatic carbocycles. The topological polar surface area (TPSA) is 112 Å². The molecule has 0 aliphatic heterocycles. The fraction of sp³-hybridized carbons (Fsp3) is 0.364. The van der Waals surface area contributed by atoms with Crippen molar-refractivity contribution >= 4 is 16.0 Å². The van der Waals surface area contributed by atoms with Gasteiger partial charge in [0.05, 0.1) is 10.5 Å². The highest BCUT2D eigenvalue weighted by molar-refractivity contribution is 7.90. The van der Waals surface area contributed by atoms with Crippen molar-refractivity contribution in [2.75, 3.05) is 27.2 Å². The molecule has 20 heavy (non-hydrogen) atoms. The molecule has 0 spiro atoms. The number of rotatable bonds is 6. The van der Waals surface area contributed by atoms with Gasteiger partial charge in [0.25, 0.3) is 10.0 Å². The zero-order valence-electron chi connectivity index (χ0n) is 11.1. The molecule has 0 saturated carbocycles. The highest BCUT2D eigenvalue weighted by Gasteiger charge is 2.21. The average molecular weight is 298 g/mol. The lowest BCUT2D eigenvalue weighted by atomic mass is 10.2. The molecule has 0 fully saturated rings. The third kappa shape index (κ3) is 4.23. The van der Waals surface area contributed by atoms with Crippen LogP contribution >= 0.6 is 0 Å². The molecule has 9 heteroatoms. The van der Waals surface area contributed by atoms with Crippen molar-refractivity contribution < 1.29 is 17.9 Å². The van der Waals surface area contributed by atoms with Crippen LogP contribution in [0, 0.1) is 0 Å². The molecule has 0 amide bonds. The summed E-state index contributed by atoms with van der Waals surface area (Å²) in [5.41, 5.74) is 8.10. The molecule has 0 bridgehead atoms. The van der Waals surface area contributed by atoms with Gasteiger partial charge in [-0.1, -0.05) is 12.1 Å². The number of nitrogens with zero attached hydrogens (tertiary/aromatic N) is 4. The molecule has 108 valence electrons. The Bertz CT molecular complexity index is 636. The third-order valence-electron chi connectivity index (χ3n) is 2.30. The number of likely N-dealkylation sites (N-methyl/N-ethyl adjacent to an activating group) is 1. The lowest BCUT2D eigenvalue weighted by Gasteiger charge is -2.11. The summed E-state index contributed by atoms with van der Waals surface area (Å²) in [6.07, 6.45) is 0. The number of ether oxygens (including phenoxy) is 1. The van der Waals surface area contributed by atoms with Crippen LogP contribution < -0.4 is 0 Å². The van der Waals surface area contributed by atoms with Gasteiger partial charge in [0.2, 0.25) is 0 Å². The number of azide groups is 1. The number of sulfonamides is 1. The number of benzene rings is 1. The Hall–Kier alpha value is -2.09. The smallest absolute Gasteiger partial charge is 0.339 e. The van der Waals surface area contributed by atoms with Crippen molar-refractivity contribution in [3.8, 4) is 0 Å². The molecule has 0 unspecified atom stereocenters. The van der Waals surface area contributed by atoms with Gasteiger partial charge in [0, 0.05) is 16.0 Å². The zero-order valence-corrected chi connectivity index (χ0v) is 11.9. The van der Waals surface area contributed by atoms with Gasteiger partial charge in [-0.15, -0.1) is 0 Å². The maximum Gasteiger partial charge on any atom is 0.339 e. The van der Waals surface area contributed by atoms with E-state index in [1.165, 1.54) is 24.3 Å². The van der Waals surface area contributed by atoms with Crippen LogP contribution in [0.15, 0.2) is 33.7 Å². The van der Waals surface area contributed by atoms with Crippen LogP contribution in [-0.4, -0.2) is 46.5 Å². The van der Waals surface area contributed by atoms with Gasteiger partial charge in [0.1, 0.15) is 6.61 Å². The van der Waals surface area contributed by atoms with Gasteiger partial charge in [0.15, 0.2) is 0 Å².